The van der Waals surface area contributed by atoms with E-state index in [-0.39, 0.29) is 12.0 Å². The molecule has 0 unspecified atom stereocenters. The Kier molecular flexibility index (Phi) is 5.78. The lowest BCUT2D eigenvalue weighted by atomic mass is 10.1. The van der Waals surface area contributed by atoms with E-state index in [1.54, 1.807) is 19.3 Å². The van der Waals surface area contributed by atoms with Crippen LogP contribution < -0.4 is 5.32 Å². The molecule has 2 aromatic rings. The first-order valence-corrected chi connectivity index (χ1v) is 8.64. The minimum Gasteiger partial charge on any atom is -0.376 e. The van der Waals surface area contributed by atoms with Gasteiger partial charge in [0.1, 0.15) is 17.7 Å². The van der Waals surface area contributed by atoms with Crippen LogP contribution in [-0.4, -0.2) is 45.9 Å². The van der Waals surface area contributed by atoms with Crippen LogP contribution >= 0.6 is 0 Å². The summed E-state index contributed by atoms with van der Waals surface area (Å²) in [5, 5.41) is 2.82. The zero-order chi connectivity index (χ0) is 17.6. The average molecular weight is 344 g/mol. The predicted octanol–water partition coefficient (Wildman–Crippen LogP) is 2.49. The number of carbonyl (C=O) groups is 1. The molecule has 1 aliphatic rings. The first kappa shape index (κ1) is 17.6. The molecule has 1 saturated heterocycles. The molecule has 0 spiro atoms. The summed E-state index contributed by atoms with van der Waals surface area (Å²) in [6, 6.07) is 3.66. The molecule has 134 valence electrons. The van der Waals surface area contributed by atoms with Gasteiger partial charge >= 0.3 is 0 Å². The van der Waals surface area contributed by atoms with E-state index in [4.69, 9.17) is 9.47 Å². The standard InChI is InChI=1S/C18H24N4O3/c1-13(25-12-16-5-3-4-10-24-16)18(23)21-15-6-7-17(20-11-15)22-9-8-19-14(22)2/h6-9,11,13,16H,3-5,10,12H2,1-2H3,(H,21,23)/t13-,16-/m0/s1. The molecular weight excluding hydrogens is 320 g/mol. The maximum atomic E-state index is 12.2. The van der Waals surface area contributed by atoms with Gasteiger partial charge in [0.15, 0.2) is 0 Å². The van der Waals surface area contributed by atoms with Gasteiger partial charge in [-0.1, -0.05) is 0 Å². The van der Waals surface area contributed by atoms with E-state index in [1.165, 1.54) is 0 Å². The summed E-state index contributed by atoms with van der Waals surface area (Å²) in [5.41, 5.74) is 0.635. The number of aryl methyl sites for hydroxylation is 1. The highest BCUT2D eigenvalue weighted by Crippen LogP contribution is 2.15. The van der Waals surface area contributed by atoms with Gasteiger partial charge in [-0.15, -0.1) is 0 Å². The molecule has 3 heterocycles. The summed E-state index contributed by atoms with van der Waals surface area (Å²) >= 11 is 0. The summed E-state index contributed by atoms with van der Waals surface area (Å²) in [6.45, 7) is 4.88. The highest BCUT2D eigenvalue weighted by atomic mass is 16.5. The zero-order valence-electron chi connectivity index (χ0n) is 14.6. The minimum atomic E-state index is -0.541. The van der Waals surface area contributed by atoms with Crippen molar-refractivity contribution in [1.82, 2.24) is 14.5 Å². The fourth-order valence-electron chi connectivity index (χ4n) is 2.73. The van der Waals surface area contributed by atoms with Crippen LogP contribution in [0.5, 0.6) is 0 Å². The molecule has 3 rings (SSSR count). The fraction of sp³-hybridized carbons (Fsp3) is 0.500. The molecule has 1 fully saturated rings. The van der Waals surface area contributed by atoms with Gasteiger partial charge in [-0.3, -0.25) is 9.36 Å². The highest BCUT2D eigenvalue weighted by molar-refractivity contribution is 5.93. The number of anilines is 1. The van der Waals surface area contributed by atoms with Gasteiger partial charge in [0.2, 0.25) is 0 Å². The molecule has 0 aromatic carbocycles. The van der Waals surface area contributed by atoms with Crippen LogP contribution in [-0.2, 0) is 14.3 Å². The number of hydrogen-bond donors (Lipinski definition) is 1. The van der Waals surface area contributed by atoms with Crippen molar-refractivity contribution in [3.8, 4) is 5.82 Å². The van der Waals surface area contributed by atoms with Gasteiger partial charge < -0.3 is 14.8 Å². The van der Waals surface area contributed by atoms with Crippen LogP contribution in [0.2, 0.25) is 0 Å². The molecule has 1 aliphatic heterocycles. The highest BCUT2D eigenvalue weighted by Gasteiger charge is 2.19. The first-order chi connectivity index (χ1) is 12.1. The molecule has 7 nitrogen and oxygen atoms in total. The Morgan fingerprint density at radius 1 is 1.44 bits per heavy atom. The zero-order valence-corrected chi connectivity index (χ0v) is 14.6. The number of carbonyl (C=O) groups excluding carboxylic acids is 1. The smallest absolute Gasteiger partial charge is 0.253 e. The van der Waals surface area contributed by atoms with Crippen LogP contribution in [0.25, 0.3) is 5.82 Å². The lowest BCUT2D eigenvalue weighted by molar-refractivity contribution is -0.130. The van der Waals surface area contributed by atoms with Crippen LogP contribution in [0.15, 0.2) is 30.7 Å². The van der Waals surface area contributed by atoms with Crippen molar-refractivity contribution in [3.05, 3.63) is 36.5 Å². The maximum Gasteiger partial charge on any atom is 0.253 e. The van der Waals surface area contributed by atoms with E-state index < -0.39 is 6.10 Å². The SMILES string of the molecule is Cc1nccn1-c1ccc(NC(=O)[C@H](C)OC[C@@H]2CCCCO2)cn1. The second-order valence-electron chi connectivity index (χ2n) is 6.20. The molecular formula is C18H24N4O3. The van der Waals surface area contributed by atoms with Crippen LogP contribution in [0.3, 0.4) is 0 Å². The van der Waals surface area contributed by atoms with Gasteiger partial charge in [-0.2, -0.15) is 0 Å². The summed E-state index contributed by atoms with van der Waals surface area (Å²) in [4.78, 5) is 20.8. The molecule has 0 radical (unpaired) electrons. The van der Waals surface area contributed by atoms with Crippen molar-refractivity contribution in [1.29, 1.82) is 0 Å². The van der Waals surface area contributed by atoms with Crippen molar-refractivity contribution in [2.45, 2.75) is 45.3 Å². The number of pyridine rings is 1. The largest absolute Gasteiger partial charge is 0.376 e. The van der Waals surface area contributed by atoms with E-state index in [2.05, 4.69) is 15.3 Å². The normalized spacial score (nSPS) is 18.7. The summed E-state index contributed by atoms with van der Waals surface area (Å²) < 4.78 is 13.1. The minimum absolute atomic E-state index is 0.100. The van der Waals surface area contributed by atoms with Crippen LogP contribution in [0, 0.1) is 6.92 Å². The molecule has 0 bridgehead atoms. The van der Waals surface area contributed by atoms with E-state index in [0.29, 0.717) is 12.3 Å². The average Bonchev–Trinajstić information content (AvgIpc) is 3.07. The van der Waals surface area contributed by atoms with Gasteiger partial charge in [-0.05, 0) is 45.2 Å². The van der Waals surface area contributed by atoms with Gasteiger partial charge in [0.05, 0.1) is 24.6 Å². The van der Waals surface area contributed by atoms with Gasteiger partial charge in [0, 0.05) is 19.0 Å². The number of imidazole rings is 1. The number of nitrogens with one attached hydrogen (secondary N) is 1. The lowest BCUT2D eigenvalue weighted by Crippen LogP contribution is -2.32. The molecule has 2 atom stereocenters. The van der Waals surface area contributed by atoms with Crippen LogP contribution in [0.4, 0.5) is 5.69 Å². The first-order valence-electron chi connectivity index (χ1n) is 8.64. The Hall–Kier alpha value is -2.25. The second kappa shape index (κ2) is 8.22. The number of nitrogens with zero attached hydrogens (tertiary/aromatic N) is 3. The van der Waals surface area contributed by atoms with Crippen molar-refractivity contribution in [2.24, 2.45) is 0 Å². The quantitative estimate of drug-likeness (QED) is 0.871. The number of amides is 1. The van der Waals surface area contributed by atoms with Crippen molar-refractivity contribution >= 4 is 11.6 Å². The monoisotopic (exact) mass is 344 g/mol. The summed E-state index contributed by atoms with van der Waals surface area (Å²) in [5.74, 6) is 1.42. The molecule has 25 heavy (non-hydrogen) atoms. The second-order valence-corrected chi connectivity index (χ2v) is 6.20. The van der Waals surface area contributed by atoms with Gasteiger partial charge in [0.25, 0.3) is 5.91 Å². The Balaban J connectivity index is 1.51. The number of rotatable bonds is 6. The van der Waals surface area contributed by atoms with Gasteiger partial charge in [-0.25, -0.2) is 9.97 Å². The molecule has 1 amide bonds. The van der Waals surface area contributed by atoms with Crippen molar-refractivity contribution in [3.63, 3.8) is 0 Å². The van der Waals surface area contributed by atoms with E-state index in [1.807, 2.05) is 29.8 Å². The maximum absolute atomic E-state index is 12.2. The molecule has 7 heteroatoms. The summed E-state index contributed by atoms with van der Waals surface area (Å²) in [7, 11) is 0. The Morgan fingerprint density at radius 2 is 2.32 bits per heavy atom. The molecule has 0 saturated carbocycles. The predicted molar refractivity (Wildman–Crippen MR) is 93.7 cm³/mol. The Bertz CT molecular complexity index is 693. The van der Waals surface area contributed by atoms with Crippen molar-refractivity contribution in [2.75, 3.05) is 18.5 Å². The Morgan fingerprint density at radius 3 is 2.96 bits per heavy atom. The number of hydrogen-bond acceptors (Lipinski definition) is 5. The Labute approximate surface area is 147 Å². The van der Waals surface area contributed by atoms with Crippen LogP contribution in [0.1, 0.15) is 32.0 Å². The third-order valence-corrected chi connectivity index (χ3v) is 4.26. The summed E-state index contributed by atoms with van der Waals surface area (Å²) in [6.07, 6.45) is 8.01. The molecule has 0 aliphatic carbocycles. The van der Waals surface area contributed by atoms with E-state index in [9.17, 15) is 4.79 Å². The fourth-order valence-corrected chi connectivity index (χ4v) is 2.73. The van der Waals surface area contributed by atoms with E-state index >= 15 is 0 Å². The third kappa shape index (κ3) is 4.64. The van der Waals surface area contributed by atoms with E-state index in [0.717, 1.165) is 37.5 Å². The molecule has 1 N–H and O–H groups in total. The topological polar surface area (TPSA) is 78.3 Å². The number of ether oxygens (including phenoxy) is 2. The third-order valence-electron chi connectivity index (χ3n) is 4.26. The van der Waals surface area contributed by atoms with Crippen molar-refractivity contribution < 1.29 is 14.3 Å². The number of aromatic nitrogens is 3. The molecule has 2 aromatic heterocycles. The lowest BCUT2D eigenvalue weighted by Gasteiger charge is -2.23.